The minimum Gasteiger partial charge on any atom is -0.310 e. The van der Waals surface area contributed by atoms with Crippen LogP contribution in [0.4, 0.5) is 0 Å². The number of sulfonamides is 1. The van der Waals surface area contributed by atoms with Crippen LogP contribution in [0.25, 0.3) is 0 Å². The molecular formula is C14H22N2O2S. The van der Waals surface area contributed by atoms with E-state index in [1.165, 1.54) is 0 Å². The van der Waals surface area contributed by atoms with Crippen molar-refractivity contribution in [3.63, 3.8) is 0 Å². The second-order valence-corrected chi connectivity index (χ2v) is 7.23. The second kappa shape index (κ2) is 5.61. The summed E-state index contributed by atoms with van der Waals surface area (Å²) in [5.74, 6) is 0. The van der Waals surface area contributed by atoms with Crippen LogP contribution in [0.2, 0.25) is 0 Å². The number of hydrogen-bond donors (Lipinski definition) is 2. The van der Waals surface area contributed by atoms with E-state index < -0.39 is 10.0 Å². The van der Waals surface area contributed by atoms with Crippen molar-refractivity contribution in [3.05, 3.63) is 29.3 Å². The Morgan fingerprint density at radius 2 is 2.00 bits per heavy atom. The maximum absolute atomic E-state index is 12.2. The molecule has 0 radical (unpaired) electrons. The Bertz CT molecular complexity index is 549. The Kier molecular flexibility index (Phi) is 4.28. The summed E-state index contributed by atoms with van der Waals surface area (Å²) in [5, 5.41) is 3.32. The van der Waals surface area contributed by atoms with Crippen molar-refractivity contribution in [1.29, 1.82) is 0 Å². The first-order valence-electron chi connectivity index (χ1n) is 6.74. The molecule has 0 spiro atoms. The fourth-order valence-electron chi connectivity index (χ4n) is 1.81. The third-order valence-corrected chi connectivity index (χ3v) is 4.75. The first-order chi connectivity index (χ1) is 8.88. The first kappa shape index (κ1) is 14.5. The van der Waals surface area contributed by atoms with Crippen LogP contribution in [0.3, 0.4) is 0 Å². The lowest BCUT2D eigenvalue weighted by molar-refractivity contribution is 0.578. The van der Waals surface area contributed by atoms with Crippen molar-refractivity contribution < 1.29 is 8.42 Å². The third kappa shape index (κ3) is 4.03. The average molecular weight is 282 g/mol. The molecule has 19 heavy (non-hydrogen) atoms. The lowest BCUT2D eigenvalue weighted by Gasteiger charge is -2.13. The largest absolute Gasteiger partial charge is 0.310 e. The zero-order chi connectivity index (χ0) is 14.0. The molecule has 1 aromatic carbocycles. The molecule has 1 aromatic rings. The second-order valence-electron chi connectivity index (χ2n) is 5.52. The minimum atomic E-state index is -3.35. The third-order valence-electron chi connectivity index (χ3n) is 3.23. The standard InChI is InChI=1S/C14H22N2O2S/c1-10(2)15-9-12-8-14(7-4-11(12)3)19(17,18)16-13-5-6-13/h4,7-8,10,13,15-16H,5-6,9H2,1-3H3. The molecule has 0 unspecified atom stereocenters. The molecule has 0 atom stereocenters. The summed E-state index contributed by atoms with van der Waals surface area (Å²) in [6.07, 6.45) is 1.90. The van der Waals surface area contributed by atoms with E-state index in [0.717, 1.165) is 24.0 Å². The lowest BCUT2D eigenvalue weighted by Crippen LogP contribution is -2.26. The number of nitrogens with one attached hydrogen (secondary N) is 2. The van der Waals surface area contributed by atoms with E-state index >= 15 is 0 Å². The van der Waals surface area contributed by atoms with Gasteiger partial charge < -0.3 is 5.32 Å². The maximum Gasteiger partial charge on any atom is 0.240 e. The molecular weight excluding hydrogens is 260 g/mol. The van der Waals surface area contributed by atoms with Crippen molar-refractivity contribution in [2.24, 2.45) is 0 Å². The Morgan fingerprint density at radius 3 is 2.58 bits per heavy atom. The highest BCUT2D eigenvalue weighted by Gasteiger charge is 2.28. The van der Waals surface area contributed by atoms with Gasteiger partial charge >= 0.3 is 0 Å². The number of rotatable bonds is 6. The molecule has 4 nitrogen and oxygen atoms in total. The Balaban J connectivity index is 2.19. The highest BCUT2D eigenvalue weighted by atomic mass is 32.2. The minimum absolute atomic E-state index is 0.142. The Morgan fingerprint density at radius 1 is 1.32 bits per heavy atom. The van der Waals surface area contributed by atoms with Crippen LogP contribution >= 0.6 is 0 Å². The molecule has 0 aliphatic heterocycles. The van der Waals surface area contributed by atoms with E-state index in [2.05, 4.69) is 23.9 Å². The van der Waals surface area contributed by atoms with Crippen LogP contribution in [0.1, 0.15) is 37.8 Å². The maximum atomic E-state index is 12.2. The van der Waals surface area contributed by atoms with Crippen molar-refractivity contribution in [2.45, 2.75) is 57.1 Å². The normalized spacial score (nSPS) is 16.0. The van der Waals surface area contributed by atoms with Gasteiger partial charge in [0.2, 0.25) is 10.0 Å². The van der Waals surface area contributed by atoms with E-state index in [9.17, 15) is 8.42 Å². The monoisotopic (exact) mass is 282 g/mol. The van der Waals surface area contributed by atoms with Crippen LogP contribution < -0.4 is 10.0 Å². The van der Waals surface area contributed by atoms with E-state index in [1.807, 2.05) is 13.0 Å². The molecule has 5 heteroatoms. The van der Waals surface area contributed by atoms with Gasteiger partial charge in [-0.3, -0.25) is 0 Å². The summed E-state index contributed by atoms with van der Waals surface area (Å²) in [5.41, 5.74) is 2.14. The van der Waals surface area contributed by atoms with Gasteiger partial charge in [0.15, 0.2) is 0 Å². The van der Waals surface area contributed by atoms with E-state index in [4.69, 9.17) is 0 Å². The molecule has 1 saturated carbocycles. The molecule has 106 valence electrons. The van der Waals surface area contributed by atoms with Crippen LogP contribution in [0.15, 0.2) is 23.1 Å². The SMILES string of the molecule is Cc1ccc(S(=O)(=O)NC2CC2)cc1CNC(C)C. The van der Waals surface area contributed by atoms with E-state index in [0.29, 0.717) is 17.5 Å². The molecule has 1 aliphatic rings. The highest BCUT2D eigenvalue weighted by molar-refractivity contribution is 7.89. The smallest absolute Gasteiger partial charge is 0.240 e. The van der Waals surface area contributed by atoms with Gasteiger partial charge in [0.1, 0.15) is 0 Å². The summed E-state index contributed by atoms with van der Waals surface area (Å²) in [4.78, 5) is 0.366. The zero-order valence-electron chi connectivity index (χ0n) is 11.7. The molecule has 0 amide bonds. The van der Waals surface area contributed by atoms with Gasteiger partial charge in [-0.2, -0.15) is 0 Å². The van der Waals surface area contributed by atoms with Gasteiger partial charge in [-0.05, 0) is 43.0 Å². The zero-order valence-corrected chi connectivity index (χ0v) is 12.5. The molecule has 1 aliphatic carbocycles. The molecule has 0 bridgehead atoms. The highest BCUT2D eigenvalue weighted by Crippen LogP contribution is 2.23. The Hall–Kier alpha value is -0.910. The van der Waals surface area contributed by atoms with Crippen LogP contribution in [0.5, 0.6) is 0 Å². The van der Waals surface area contributed by atoms with E-state index in [-0.39, 0.29) is 6.04 Å². The molecule has 0 aromatic heterocycles. The number of aryl methyl sites for hydroxylation is 1. The predicted octanol–water partition coefficient (Wildman–Crippen LogP) is 1.93. The molecule has 2 N–H and O–H groups in total. The van der Waals surface area contributed by atoms with Gasteiger partial charge in [-0.25, -0.2) is 13.1 Å². The van der Waals surface area contributed by atoms with Gasteiger partial charge in [0.25, 0.3) is 0 Å². The fourth-order valence-corrected chi connectivity index (χ4v) is 3.16. The van der Waals surface area contributed by atoms with Crippen molar-refractivity contribution >= 4 is 10.0 Å². The van der Waals surface area contributed by atoms with Crippen molar-refractivity contribution in [3.8, 4) is 0 Å². The summed E-state index contributed by atoms with van der Waals surface area (Å²) >= 11 is 0. The van der Waals surface area contributed by atoms with Gasteiger partial charge in [-0.15, -0.1) is 0 Å². The summed E-state index contributed by atoms with van der Waals surface area (Å²) in [6, 6.07) is 5.85. The van der Waals surface area contributed by atoms with Crippen LogP contribution in [0, 0.1) is 6.92 Å². The lowest BCUT2D eigenvalue weighted by atomic mass is 10.1. The molecule has 0 saturated heterocycles. The molecule has 0 heterocycles. The average Bonchev–Trinajstić information content (AvgIpc) is 3.10. The summed E-state index contributed by atoms with van der Waals surface area (Å²) < 4.78 is 27.0. The van der Waals surface area contributed by atoms with Crippen LogP contribution in [-0.2, 0) is 16.6 Å². The summed E-state index contributed by atoms with van der Waals surface area (Å²) in [6.45, 7) is 6.84. The predicted molar refractivity (Wildman–Crippen MR) is 76.5 cm³/mol. The van der Waals surface area contributed by atoms with E-state index in [1.54, 1.807) is 12.1 Å². The van der Waals surface area contributed by atoms with Gasteiger partial charge in [0, 0.05) is 18.6 Å². The van der Waals surface area contributed by atoms with Gasteiger partial charge in [-0.1, -0.05) is 19.9 Å². The van der Waals surface area contributed by atoms with Crippen LogP contribution in [-0.4, -0.2) is 20.5 Å². The Labute approximate surface area is 115 Å². The topological polar surface area (TPSA) is 58.2 Å². The summed E-state index contributed by atoms with van der Waals surface area (Å²) in [7, 11) is -3.35. The molecule has 2 rings (SSSR count). The number of hydrogen-bond acceptors (Lipinski definition) is 3. The fraction of sp³-hybridized carbons (Fsp3) is 0.571. The van der Waals surface area contributed by atoms with Crippen molar-refractivity contribution in [1.82, 2.24) is 10.0 Å². The number of benzene rings is 1. The van der Waals surface area contributed by atoms with Crippen molar-refractivity contribution in [2.75, 3.05) is 0 Å². The first-order valence-corrected chi connectivity index (χ1v) is 8.22. The molecule has 1 fully saturated rings. The van der Waals surface area contributed by atoms with Gasteiger partial charge in [0.05, 0.1) is 4.90 Å². The quantitative estimate of drug-likeness (QED) is 0.838.